The molecule has 92 valence electrons. The van der Waals surface area contributed by atoms with E-state index in [4.69, 9.17) is 4.42 Å². The fraction of sp³-hybridized carbons (Fsp3) is 0.214. The van der Waals surface area contributed by atoms with Crippen LogP contribution in [-0.4, -0.2) is 4.98 Å². The van der Waals surface area contributed by atoms with Crippen molar-refractivity contribution in [2.75, 3.05) is 0 Å². The molecule has 0 unspecified atom stereocenters. The molecule has 18 heavy (non-hydrogen) atoms. The van der Waals surface area contributed by atoms with Crippen LogP contribution >= 0.6 is 11.3 Å². The van der Waals surface area contributed by atoms with Crippen molar-refractivity contribution in [3.05, 3.63) is 52.9 Å². The third-order valence-electron chi connectivity index (χ3n) is 2.87. The van der Waals surface area contributed by atoms with Crippen molar-refractivity contribution >= 4 is 21.6 Å². The highest BCUT2D eigenvalue weighted by atomic mass is 32.1. The Morgan fingerprint density at radius 2 is 2.11 bits per heavy atom. The Balaban J connectivity index is 1.65. The fourth-order valence-electron chi connectivity index (χ4n) is 1.86. The summed E-state index contributed by atoms with van der Waals surface area (Å²) in [6, 6.07) is 10.2. The van der Waals surface area contributed by atoms with Crippen LogP contribution in [0.3, 0.4) is 0 Å². The summed E-state index contributed by atoms with van der Waals surface area (Å²) in [7, 11) is 0. The van der Waals surface area contributed by atoms with Gasteiger partial charge in [0.25, 0.3) is 0 Å². The summed E-state index contributed by atoms with van der Waals surface area (Å²) in [4.78, 5) is 4.58. The summed E-state index contributed by atoms with van der Waals surface area (Å²) >= 11 is 1.73. The maximum absolute atomic E-state index is 5.38. The molecule has 0 spiro atoms. The zero-order valence-electron chi connectivity index (χ0n) is 10.1. The van der Waals surface area contributed by atoms with Gasteiger partial charge in [-0.25, -0.2) is 4.98 Å². The predicted octanol–water partition coefficient (Wildman–Crippen LogP) is 3.49. The smallest absolute Gasteiger partial charge is 0.120 e. The van der Waals surface area contributed by atoms with Gasteiger partial charge in [-0.05, 0) is 30.7 Å². The van der Waals surface area contributed by atoms with E-state index in [1.807, 2.05) is 24.3 Å². The minimum atomic E-state index is 0.745. The van der Waals surface area contributed by atoms with Gasteiger partial charge in [-0.15, -0.1) is 11.3 Å². The van der Waals surface area contributed by atoms with Crippen LogP contribution in [0.5, 0.6) is 0 Å². The van der Waals surface area contributed by atoms with Crippen molar-refractivity contribution in [2.45, 2.75) is 20.0 Å². The molecular formula is C14H14N2OS. The Labute approximate surface area is 109 Å². The Morgan fingerprint density at radius 1 is 1.22 bits per heavy atom. The lowest BCUT2D eigenvalue weighted by atomic mass is 10.3. The van der Waals surface area contributed by atoms with Crippen molar-refractivity contribution in [1.29, 1.82) is 0 Å². The minimum absolute atomic E-state index is 0.745. The third kappa shape index (κ3) is 2.30. The topological polar surface area (TPSA) is 38.1 Å². The molecule has 4 heteroatoms. The number of nitrogens with zero attached hydrogens (tertiary/aromatic N) is 1. The first-order valence-corrected chi connectivity index (χ1v) is 6.73. The van der Waals surface area contributed by atoms with E-state index in [9.17, 15) is 0 Å². The first kappa shape index (κ1) is 11.4. The van der Waals surface area contributed by atoms with Gasteiger partial charge < -0.3 is 9.73 Å². The lowest BCUT2D eigenvalue weighted by Gasteiger charge is -2.00. The number of para-hydroxylation sites is 1. The van der Waals surface area contributed by atoms with Gasteiger partial charge in [0.1, 0.15) is 10.8 Å². The number of nitrogens with one attached hydrogen (secondary N) is 1. The molecule has 3 rings (SSSR count). The van der Waals surface area contributed by atoms with Gasteiger partial charge in [-0.2, -0.15) is 0 Å². The molecule has 3 nitrogen and oxygen atoms in total. The highest BCUT2D eigenvalue weighted by molar-refractivity contribution is 7.18. The highest BCUT2D eigenvalue weighted by Crippen LogP contribution is 2.21. The average Bonchev–Trinajstić information content (AvgIpc) is 2.96. The van der Waals surface area contributed by atoms with Crippen molar-refractivity contribution in [1.82, 2.24) is 10.3 Å². The molecule has 3 aromatic rings. The van der Waals surface area contributed by atoms with Crippen LogP contribution in [-0.2, 0) is 13.1 Å². The van der Waals surface area contributed by atoms with E-state index in [1.165, 1.54) is 10.3 Å². The van der Waals surface area contributed by atoms with E-state index < -0.39 is 0 Å². The average molecular weight is 258 g/mol. The SMILES string of the molecule is Cc1ccoc1CNCc1nc2ccccc2s1. The molecule has 2 aromatic heterocycles. The van der Waals surface area contributed by atoms with Crippen LogP contribution in [0.2, 0.25) is 0 Å². The monoisotopic (exact) mass is 258 g/mol. The summed E-state index contributed by atoms with van der Waals surface area (Å²) < 4.78 is 6.62. The van der Waals surface area contributed by atoms with Crippen molar-refractivity contribution < 1.29 is 4.42 Å². The van der Waals surface area contributed by atoms with E-state index in [0.29, 0.717) is 0 Å². The largest absolute Gasteiger partial charge is 0.468 e. The molecule has 1 aromatic carbocycles. The Hall–Kier alpha value is -1.65. The standard InChI is InChI=1S/C14H14N2OS/c1-10-6-7-17-12(10)8-15-9-14-16-11-4-2-3-5-13(11)18-14/h2-7,15H,8-9H2,1H3. The van der Waals surface area contributed by atoms with Gasteiger partial charge in [-0.3, -0.25) is 0 Å². The van der Waals surface area contributed by atoms with Crippen molar-refractivity contribution in [3.63, 3.8) is 0 Å². The van der Waals surface area contributed by atoms with Crippen LogP contribution in [0.1, 0.15) is 16.3 Å². The molecule has 0 atom stereocenters. The number of thiazole rings is 1. The summed E-state index contributed by atoms with van der Waals surface area (Å²) in [6.45, 7) is 3.58. The fourth-order valence-corrected chi connectivity index (χ4v) is 2.80. The Kier molecular flexibility index (Phi) is 3.13. The first-order valence-electron chi connectivity index (χ1n) is 5.91. The van der Waals surface area contributed by atoms with E-state index in [-0.39, 0.29) is 0 Å². The normalized spacial score (nSPS) is 11.2. The zero-order chi connectivity index (χ0) is 12.4. The number of hydrogen-bond acceptors (Lipinski definition) is 4. The number of fused-ring (bicyclic) bond motifs is 1. The molecule has 0 saturated carbocycles. The molecule has 0 fully saturated rings. The Morgan fingerprint density at radius 3 is 2.89 bits per heavy atom. The molecular weight excluding hydrogens is 244 g/mol. The molecule has 1 N–H and O–H groups in total. The minimum Gasteiger partial charge on any atom is -0.468 e. The molecule has 2 heterocycles. The summed E-state index contributed by atoms with van der Waals surface area (Å²) in [5.41, 5.74) is 2.26. The van der Waals surface area contributed by atoms with E-state index >= 15 is 0 Å². The molecule has 0 aliphatic heterocycles. The lowest BCUT2D eigenvalue weighted by Crippen LogP contribution is -2.12. The Bertz CT molecular complexity index is 623. The number of furan rings is 1. The number of benzene rings is 1. The molecule has 0 aliphatic carbocycles. The van der Waals surface area contributed by atoms with Gasteiger partial charge in [0, 0.05) is 6.54 Å². The second kappa shape index (κ2) is 4.92. The quantitative estimate of drug-likeness (QED) is 0.778. The number of hydrogen-bond donors (Lipinski definition) is 1. The van der Waals surface area contributed by atoms with Gasteiger partial charge in [0.15, 0.2) is 0 Å². The predicted molar refractivity (Wildman–Crippen MR) is 73.6 cm³/mol. The van der Waals surface area contributed by atoms with Gasteiger partial charge >= 0.3 is 0 Å². The molecule has 0 bridgehead atoms. The van der Waals surface area contributed by atoms with E-state index in [0.717, 1.165) is 29.4 Å². The van der Waals surface area contributed by atoms with E-state index in [2.05, 4.69) is 23.3 Å². The summed E-state index contributed by atoms with van der Waals surface area (Å²) in [5, 5.41) is 4.47. The van der Waals surface area contributed by atoms with Gasteiger partial charge in [-0.1, -0.05) is 12.1 Å². The molecule has 0 amide bonds. The van der Waals surface area contributed by atoms with Crippen LogP contribution in [0.4, 0.5) is 0 Å². The second-order valence-electron chi connectivity index (χ2n) is 4.21. The van der Waals surface area contributed by atoms with Gasteiger partial charge in [0.2, 0.25) is 0 Å². The second-order valence-corrected chi connectivity index (χ2v) is 5.32. The zero-order valence-corrected chi connectivity index (χ0v) is 11.0. The molecule has 0 aliphatic rings. The molecule has 0 saturated heterocycles. The maximum atomic E-state index is 5.38. The van der Waals surface area contributed by atoms with Crippen LogP contribution in [0, 0.1) is 6.92 Å². The van der Waals surface area contributed by atoms with Crippen LogP contribution in [0.15, 0.2) is 41.0 Å². The lowest BCUT2D eigenvalue weighted by molar-refractivity contribution is 0.480. The van der Waals surface area contributed by atoms with Gasteiger partial charge in [0.05, 0.1) is 23.0 Å². The van der Waals surface area contributed by atoms with Crippen molar-refractivity contribution in [3.8, 4) is 0 Å². The van der Waals surface area contributed by atoms with Crippen LogP contribution in [0.25, 0.3) is 10.2 Å². The highest BCUT2D eigenvalue weighted by Gasteiger charge is 2.04. The summed E-state index contributed by atoms with van der Waals surface area (Å²) in [5.74, 6) is 0.996. The van der Waals surface area contributed by atoms with Crippen LogP contribution < -0.4 is 5.32 Å². The number of rotatable bonds is 4. The number of aryl methyl sites for hydroxylation is 1. The number of aromatic nitrogens is 1. The molecule has 0 radical (unpaired) electrons. The first-order chi connectivity index (χ1) is 8.83. The summed E-state index contributed by atoms with van der Waals surface area (Å²) in [6.07, 6.45) is 1.73. The maximum Gasteiger partial charge on any atom is 0.120 e. The third-order valence-corrected chi connectivity index (χ3v) is 3.90. The van der Waals surface area contributed by atoms with E-state index in [1.54, 1.807) is 17.6 Å². The van der Waals surface area contributed by atoms with Crippen molar-refractivity contribution in [2.24, 2.45) is 0 Å².